The Labute approximate surface area is 113 Å². The molecule has 0 radical (unpaired) electrons. The molecule has 1 heterocycles. The van der Waals surface area contributed by atoms with Crippen molar-refractivity contribution in [3.63, 3.8) is 0 Å². The topological polar surface area (TPSA) is 43.3 Å². The van der Waals surface area contributed by atoms with Crippen molar-refractivity contribution in [3.8, 4) is 0 Å². The molecule has 0 saturated carbocycles. The van der Waals surface area contributed by atoms with Crippen LogP contribution in [0.5, 0.6) is 0 Å². The van der Waals surface area contributed by atoms with Crippen LogP contribution in [0.3, 0.4) is 0 Å². The van der Waals surface area contributed by atoms with E-state index >= 15 is 0 Å². The van der Waals surface area contributed by atoms with Gasteiger partial charge in [-0.15, -0.1) is 0 Å². The number of para-hydroxylation sites is 1. The van der Waals surface area contributed by atoms with E-state index < -0.39 is 0 Å². The molecular weight excluding hydrogens is 240 g/mol. The van der Waals surface area contributed by atoms with Crippen molar-refractivity contribution in [1.29, 1.82) is 0 Å². The summed E-state index contributed by atoms with van der Waals surface area (Å²) in [4.78, 5) is 11.9. The van der Waals surface area contributed by atoms with Crippen molar-refractivity contribution in [1.82, 2.24) is 9.88 Å². The highest BCUT2D eigenvalue weighted by molar-refractivity contribution is 5.84. The third kappa shape index (κ3) is 3.35. The lowest BCUT2D eigenvalue weighted by molar-refractivity contribution is -0.121. The van der Waals surface area contributed by atoms with E-state index in [1.54, 1.807) is 7.11 Å². The molecule has 19 heavy (non-hydrogen) atoms. The van der Waals surface area contributed by atoms with E-state index in [1.807, 2.05) is 29.7 Å². The molecule has 2 rings (SSSR count). The van der Waals surface area contributed by atoms with Crippen molar-refractivity contribution in [3.05, 3.63) is 36.0 Å². The SMILES string of the molecule is COCCCNC(=O)Cn1c(C)cc2ccccc21. The van der Waals surface area contributed by atoms with Gasteiger partial charge in [0.1, 0.15) is 6.54 Å². The van der Waals surface area contributed by atoms with Gasteiger partial charge in [0, 0.05) is 31.5 Å². The minimum Gasteiger partial charge on any atom is -0.385 e. The van der Waals surface area contributed by atoms with Gasteiger partial charge in [-0.3, -0.25) is 4.79 Å². The molecule has 0 unspecified atom stereocenters. The molecule has 0 fully saturated rings. The minimum absolute atomic E-state index is 0.0422. The van der Waals surface area contributed by atoms with E-state index in [4.69, 9.17) is 4.74 Å². The van der Waals surface area contributed by atoms with Crippen LogP contribution >= 0.6 is 0 Å². The van der Waals surface area contributed by atoms with Crippen LogP contribution in [0.4, 0.5) is 0 Å². The first-order valence-electron chi connectivity index (χ1n) is 6.53. The number of hydrogen-bond donors (Lipinski definition) is 1. The Hall–Kier alpha value is -1.81. The maximum Gasteiger partial charge on any atom is 0.239 e. The zero-order valence-corrected chi connectivity index (χ0v) is 11.5. The van der Waals surface area contributed by atoms with E-state index in [1.165, 1.54) is 5.39 Å². The van der Waals surface area contributed by atoms with E-state index in [0.717, 1.165) is 17.6 Å². The van der Waals surface area contributed by atoms with Crippen LogP contribution in [-0.4, -0.2) is 30.7 Å². The van der Waals surface area contributed by atoms with Gasteiger partial charge in [-0.1, -0.05) is 18.2 Å². The summed E-state index contributed by atoms with van der Waals surface area (Å²) in [6.45, 7) is 3.72. The molecular formula is C15H20N2O2. The molecule has 0 aliphatic carbocycles. The summed E-state index contributed by atoms with van der Waals surface area (Å²) < 4.78 is 6.99. The van der Waals surface area contributed by atoms with Crippen molar-refractivity contribution >= 4 is 16.8 Å². The maximum absolute atomic E-state index is 11.9. The Morgan fingerprint density at radius 3 is 2.95 bits per heavy atom. The fourth-order valence-corrected chi connectivity index (χ4v) is 2.20. The lowest BCUT2D eigenvalue weighted by Gasteiger charge is -2.09. The second-order valence-corrected chi connectivity index (χ2v) is 4.63. The zero-order chi connectivity index (χ0) is 13.7. The van der Waals surface area contributed by atoms with Gasteiger partial charge in [0.2, 0.25) is 5.91 Å². The Balaban J connectivity index is 2.00. The van der Waals surface area contributed by atoms with Gasteiger partial charge in [-0.05, 0) is 30.9 Å². The largest absolute Gasteiger partial charge is 0.385 e. The number of benzene rings is 1. The molecule has 4 nitrogen and oxygen atoms in total. The summed E-state index contributed by atoms with van der Waals surface area (Å²) >= 11 is 0. The number of hydrogen-bond acceptors (Lipinski definition) is 2. The molecule has 102 valence electrons. The summed E-state index contributed by atoms with van der Waals surface area (Å²) in [5.41, 5.74) is 2.21. The number of ether oxygens (including phenoxy) is 1. The average Bonchev–Trinajstić information content (AvgIpc) is 2.72. The van der Waals surface area contributed by atoms with Crippen LogP contribution in [0, 0.1) is 6.92 Å². The maximum atomic E-state index is 11.9. The Kier molecular flexibility index (Phi) is 4.58. The molecule has 1 aromatic heterocycles. The summed E-state index contributed by atoms with van der Waals surface area (Å²) in [5.74, 6) is 0.0422. The highest BCUT2D eigenvalue weighted by Gasteiger charge is 2.08. The average molecular weight is 260 g/mol. The second-order valence-electron chi connectivity index (χ2n) is 4.63. The number of nitrogens with zero attached hydrogens (tertiary/aromatic N) is 1. The lowest BCUT2D eigenvalue weighted by Crippen LogP contribution is -2.29. The van der Waals surface area contributed by atoms with E-state index in [0.29, 0.717) is 19.7 Å². The van der Waals surface area contributed by atoms with Gasteiger partial charge in [0.15, 0.2) is 0 Å². The van der Waals surface area contributed by atoms with Gasteiger partial charge in [-0.25, -0.2) is 0 Å². The Morgan fingerprint density at radius 1 is 1.37 bits per heavy atom. The molecule has 1 aromatic carbocycles. The molecule has 0 aliphatic rings. The van der Waals surface area contributed by atoms with E-state index in [9.17, 15) is 4.79 Å². The van der Waals surface area contributed by atoms with Crippen LogP contribution in [-0.2, 0) is 16.1 Å². The van der Waals surface area contributed by atoms with Crippen molar-refractivity contribution in [2.45, 2.75) is 19.9 Å². The van der Waals surface area contributed by atoms with Crippen LogP contribution in [0.2, 0.25) is 0 Å². The molecule has 0 saturated heterocycles. The molecule has 0 spiro atoms. The third-order valence-electron chi connectivity index (χ3n) is 3.17. The highest BCUT2D eigenvalue weighted by atomic mass is 16.5. The number of fused-ring (bicyclic) bond motifs is 1. The van der Waals surface area contributed by atoms with Gasteiger partial charge in [0.25, 0.3) is 0 Å². The van der Waals surface area contributed by atoms with Gasteiger partial charge in [0.05, 0.1) is 0 Å². The van der Waals surface area contributed by atoms with E-state index in [2.05, 4.69) is 17.4 Å². The molecule has 4 heteroatoms. The second kappa shape index (κ2) is 6.38. The van der Waals surface area contributed by atoms with Crippen molar-refractivity contribution < 1.29 is 9.53 Å². The molecule has 0 bridgehead atoms. The summed E-state index contributed by atoms with van der Waals surface area (Å²) in [7, 11) is 1.66. The molecule has 2 aromatic rings. The van der Waals surface area contributed by atoms with E-state index in [-0.39, 0.29) is 5.91 Å². The van der Waals surface area contributed by atoms with Crippen LogP contribution in [0.25, 0.3) is 10.9 Å². The first-order valence-corrected chi connectivity index (χ1v) is 6.53. The van der Waals surface area contributed by atoms with Crippen molar-refractivity contribution in [2.24, 2.45) is 0 Å². The number of carbonyl (C=O) groups excluding carboxylic acids is 1. The van der Waals surface area contributed by atoms with Gasteiger partial charge >= 0.3 is 0 Å². The molecule has 1 amide bonds. The fourth-order valence-electron chi connectivity index (χ4n) is 2.20. The standard InChI is InChI=1S/C15H20N2O2/c1-12-10-13-6-3-4-7-14(13)17(12)11-15(18)16-8-5-9-19-2/h3-4,6-7,10H,5,8-9,11H2,1-2H3,(H,16,18). The zero-order valence-electron chi connectivity index (χ0n) is 11.5. The molecule has 1 N–H and O–H groups in total. The fraction of sp³-hybridized carbons (Fsp3) is 0.400. The predicted molar refractivity (Wildman–Crippen MR) is 76.2 cm³/mol. The van der Waals surface area contributed by atoms with Gasteiger partial charge in [-0.2, -0.15) is 0 Å². The number of aromatic nitrogens is 1. The van der Waals surface area contributed by atoms with Crippen LogP contribution in [0.15, 0.2) is 30.3 Å². The van der Waals surface area contributed by atoms with Crippen LogP contribution in [0.1, 0.15) is 12.1 Å². The third-order valence-corrected chi connectivity index (χ3v) is 3.17. The normalized spacial score (nSPS) is 10.8. The summed E-state index contributed by atoms with van der Waals surface area (Å²) in [5, 5.41) is 4.08. The lowest BCUT2D eigenvalue weighted by atomic mass is 10.2. The number of methoxy groups -OCH3 is 1. The number of rotatable bonds is 6. The van der Waals surface area contributed by atoms with Gasteiger partial charge < -0.3 is 14.6 Å². The monoisotopic (exact) mass is 260 g/mol. The number of amides is 1. The number of carbonyl (C=O) groups is 1. The summed E-state index contributed by atoms with van der Waals surface area (Å²) in [6, 6.07) is 10.2. The highest BCUT2D eigenvalue weighted by Crippen LogP contribution is 2.18. The number of nitrogens with one attached hydrogen (secondary N) is 1. The molecule has 0 atom stereocenters. The predicted octanol–water partition coefficient (Wildman–Crippen LogP) is 2.10. The summed E-state index contributed by atoms with van der Waals surface area (Å²) in [6.07, 6.45) is 0.841. The smallest absolute Gasteiger partial charge is 0.239 e. The Bertz CT molecular complexity index is 560. The minimum atomic E-state index is 0.0422. The number of aryl methyl sites for hydroxylation is 1. The van der Waals surface area contributed by atoms with Crippen molar-refractivity contribution in [2.75, 3.05) is 20.3 Å². The van der Waals surface area contributed by atoms with Crippen LogP contribution < -0.4 is 5.32 Å². The Morgan fingerprint density at radius 2 is 2.16 bits per heavy atom. The molecule has 0 aliphatic heterocycles. The first-order chi connectivity index (χ1) is 9.22. The first kappa shape index (κ1) is 13.6. The quantitative estimate of drug-likeness (QED) is 0.808.